The van der Waals surface area contributed by atoms with Crippen LogP contribution in [0.1, 0.15) is 17.5 Å². The van der Waals surface area contributed by atoms with E-state index in [2.05, 4.69) is 16.6 Å². The van der Waals surface area contributed by atoms with Gasteiger partial charge < -0.3 is 15.7 Å². The van der Waals surface area contributed by atoms with E-state index in [9.17, 15) is 14.7 Å². The van der Waals surface area contributed by atoms with Gasteiger partial charge in [0.15, 0.2) is 0 Å². The number of phenols is 1. The van der Waals surface area contributed by atoms with Crippen molar-refractivity contribution in [3.8, 4) is 18.1 Å². The van der Waals surface area contributed by atoms with Gasteiger partial charge in [-0.25, -0.2) is 0 Å². The maximum Gasteiger partial charge on any atom is 0.313 e. The van der Waals surface area contributed by atoms with Gasteiger partial charge in [-0.15, -0.1) is 6.42 Å². The summed E-state index contributed by atoms with van der Waals surface area (Å²) in [5, 5.41) is 14.3. The monoisotopic (exact) mass is 322 g/mol. The Balaban J connectivity index is 1.74. The van der Waals surface area contributed by atoms with Crippen molar-refractivity contribution in [1.29, 1.82) is 0 Å². The van der Waals surface area contributed by atoms with Crippen LogP contribution >= 0.6 is 0 Å². The minimum atomic E-state index is -0.728. The van der Waals surface area contributed by atoms with Crippen LogP contribution in [0.25, 0.3) is 0 Å². The van der Waals surface area contributed by atoms with Crippen molar-refractivity contribution in [2.24, 2.45) is 0 Å². The van der Waals surface area contributed by atoms with E-state index >= 15 is 0 Å². The molecule has 0 fully saturated rings. The third-order valence-corrected chi connectivity index (χ3v) is 3.36. The van der Waals surface area contributed by atoms with Crippen LogP contribution in [0.2, 0.25) is 0 Å². The Bertz CT molecular complexity index is 761. The van der Waals surface area contributed by atoms with Crippen molar-refractivity contribution in [2.45, 2.75) is 12.8 Å². The van der Waals surface area contributed by atoms with Crippen molar-refractivity contribution in [3.63, 3.8) is 0 Å². The third kappa shape index (κ3) is 5.18. The van der Waals surface area contributed by atoms with E-state index in [-0.39, 0.29) is 5.75 Å². The zero-order valence-electron chi connectivity index (χ0n) is 13.1. The largest absolute Gasteiger partial charge is 0.508 e. The van der Waals surface area contributed by atoms with Gasteiger partial charge in [-0.3, -0.25) is 9.59 Å². The smallest absolute Gasteiger partial charge is 0.313 e. The summed E-state index contributed by atoms with van der Waals surface area (Å²) in [7, 11) is 0. The van der Waals surface area contributed by atoms with Crippen LogP contribution in [-0.2, 0) is 16.0 Å². The number of terminal acetylenes is 1. The van der Waals surface area contributed by atoms with Gasteiger partial charge in [-0.05, 0) is 48.7 Å². The number of carbonyl (C=O) groups excluding carboxylic acids is 2. The number of hydrogen-bond donors (Lipinski definition) is 3. The van der Waals surface area contributed by atoms with E-state index in [1.807, 2.05) is 12.1 Å². The van der Waals surface area contributed by atoms with Crippen molar-refractivity contribution >= 4 is 17.5 Å². The molecule has 2 rings (SSSR count). The highest BCUT2D eigenvalue weighted by molar-refractivity contribution is 6.39. The molecule has 2 aromatic rings. The van der Waals surface area contributed by atoms with E-state index in [1.54, 1.807) is 36.4 Å². The Morgan fingerprint density at radius 1 is 1.08 bits per heavy atom. The Morgan fingerprint density at radius 2 is 1.83 bits per heavy atom. The van der Waals surface area contributed by atoms with Gasteiger partial charge in [0.25, 0.3) is 0 Å². The quantitative estimate of drug-likeness (QED) is 0.448. The molecule has 2 amide bonds. The number of aromatic hydroxyl groups is 1. The van der Waals surface area contributed by atoms with Crippen molar-refractivity contribution in [3.05, 3.63) is 59.7 Å². The lowest BCUT2D eigenvalue weighted by Crippen LogP contribution is -2.36. The lowest BCUT2D eigenvalue weighted by atomic mass is 10.1. The summed E-state index contributed by atoms with van der Waals surface area (Å²) in [6, 6.07) is 13.6. The molecule has 2 aromatic carbocycles. The van der Waals surface area contributed by atoms with Crippen LogP contribution in [0, 0.1) is 12.3 Å². The predicted octanol–water partition coefficient (Wildman–Crippen LogP) is 2.06. The summed E-state index contributed by atoms with van der Waals surface area (Å²) >= 11 is 0. The summed E-state index contributed by atoms with van der Waals surface area (Å²) in [5.41, 5.74) is 2.16. The lowest BCUT2D eigenvalue weighted by molar-refractivity contribution is -0.136. The highest BCUT2D eigenvalue weighted by Crippen LogP contribution is 2.11. The van der Waals surface area contributed by atoms with Crippen LogP contribution in [0.3, 0.4) is 0 Å². The summed E-state index contributed by atoms with van der Waals surface area (Å²) in [6.45, 7) is 0.386. The molecule has 0 aliphatic carbocycles. The Hall–Kier alpha value is -3.26. The highest BCUT2D eigenvalue weighted by Gasteiger charge is 2.12. The minimum Gasteiger partial charge on any atom is -0.508 e. The first-order valence-electron chi connectivity index (χ1n) is 7.52. The maximum atomic E-state index is 11.8. The molecule has 0 aliphatic heterocycles. The number of nitrogens with one attached hydrogen (secondary N) is 2. The second kappa shape index (κ2) is 8.39. The minimum absolute atomic E-state index is 0.220. The number of phenolic OH excluding ortho intramolecular Hbond substituents is 1. The average Bonchev–Trinajstić information content (AvgIpc) is 2.60. The van der Waals surface area contributed by atoms with Gasteiger partial charge in [0.05, 0.1) is 0 Å². The number of amides is 2. The molecule has 0 aromatic heterocycles. The van der Waals surface area contributed by atoms with Crippen LogP contribution in [-0.4, -0.2) is 23.5 Å². The topological polar surface area (TPSA) is 78.4 Å². The molecule has 24 heavy (non-hydrogen) atoms. The van der Waals surface area contributed by atoms with E-state index in [1.165, 1.54) is 0 Å². The molecule has 0 saturated heterocycles. The fourth-order valence-electron chi connectivity index (χ4n) is 2.11. The van der Waals surface area contributed by atoms with Crippen LogP contribution in [0.4, 0.5) is 5.69 Å². The van der Waals surface area contributed by atoms with Gasteiger partial charge in [-0.1, -0.05) is 24.1 Å². The highest BCUT2D eigenvalue weighted by atomic mass is 16.3. The van der Waals surface area contributed by atoms with Crippen molar-refractivity contribution in [2.75, 3.05) is 11.9 Å². The molecule has 0 aliphatic rings. The number of aryl methyl sites for hydroxylation is 1. The molecule has 5 nitrogen and oxygen atoms in total. The van der Waals surface area contributed by atoms with E-state index in [0.29, 0.717) is 24.2 Å². The first-order chi connectivity index (χ1) is 11.6. The molecule has 0 saturated carbocycles. The first-order valence-corrected chi connectivity index (χ1v) is 7.52. The molecule has 0 unspecified atom stereocenters. The first kappa shape index (κ1) is 17.1. The van der Waals surface area contributed by atoms with Crippen LogP contribution < -0.4 is 10.6 Å². The van der Waals surface area contributed by atoms with Crippen LogP contribution in [0.15, 0.2) is 48.5 Å². The van der Waals surface area contributed by atoms with Crippen molar-refractivity contribution < 1.29 is 14.7 Å². The molecule has 0 spiro atoms. The summed E-state index contributed by atoms with van der Waals surface area (Å²) in [5.74, 6) is 1.27. The average molecular weight is 322 g/mol. The standard InChI is InChI=1S/C19H18N2O3/c1-2-14-5-3-7-16(13-14)21-19(24)18(23)20-12-4-6-15-8-10-17(22)11-9-15/h1,3,5,7-11,13,22H,4,6,12H2,(H,20,23)(H,21,24). The zero-order chi connectivity index (χ0) is 17.4. The second-order valence-corrected chi connectivity index (χ2v) is 5.21. The van der Waals surface area contributed by atoms with Gasteiger partial charge in [0.2, 0.25) is 0 Å². The predicted molar refractivity (Wildman–Crippen MR) is 92.4 cm³/mol. The molecule has 122 valence electrons. The van der Waals surface area contributed by atoms with Gasteiger partial charge >= 0.3 is 11.8 Å². The fraction of sp³-hybridized carbons (Fsp3) is 0.158. The Morgan fingerprint density at radius 3 is 2.54 bits per heavy atom. The normalized spacial score (nSPS) is 9.79. The molecule has 3 N–H and O–H groups in total. The summed E-state index contributed by atoms with van der Waals surface area (Å²) < 4.78 is 0. The molecular weight excluding hydrogens is 304 g/mol. The fourth-order valence-corrected chi connectivity index (χ4v) is 2.11. The second-order valence-electron chi connectivity index (χ2n) is 5.21. The van der Waals surface area contributed by atoms with E-state index in [0.717, 1.165) is 12.0 Å². The zero-order valence-corrected chi connectivity index (χ0v) is 13.1. The van der Waals surface area contributed by atoms with Gasteiger partial charge in [-0.2, -0.15) is 0 Å². The number of carbonyl (C=O) groups is 2. The third-order valence-electron chi connectivity index (χ3n) is 3.36. The Labute approximate surface area is 140 Å². The van der Waals surface area contributed by atoms with Gasteiger partial charge in [0, 0.05) is 17.8 Å². The number of benzene rings is 2. The molecule has 0 radical (unpaired) electrons. The summed E-state index contributed by atoms with van der Waals surface area (Å²) in [6.07, 6.45) is 6.72. The molecule has 0 heterocycles. The molecular formula is C19H18N2O3. The molecule has 0 atom stereocenters. The van der Waals surface area contributed by atoms with E-state index in [4.69, 9.17) is 6.42 Å². The number of rotatable bonds is 5. The van der Waals surface area contributed by atoms with Crippen LogP contribution in [0.5, 0.6) is 5.75 Å². The van der Waals surface area contributed by atoms with Crippen molar-refractivity contribution in [1.82, 2.24) is 5.32 Å². The molecule has 5 heteroatoms. The Kier molecular flexibility index (Phi) is 5.98. The molecule has 0 bridgehead atoms. The number of hydrogen-bond acceptors (Lipinski definition) is 3. The SMILES string of the molecule is C#Cc1cccc(NC(=O)C(=O)NCCCc2ccc(O)cc2)c1. The van der Waals surface area contributed by atoms with E-state index < -0.39 is 11.8 Å². The van der Waals surface area contributed by atoms with Gasteiger partial charge in [0.1, 0.15) is 5.75 Å². The summed E-state index contributed by atoms with van der Waals surface area (Å²) in [4.78, 5) is 23.6. The number of anilines is 1. The lowest BCUT2D eigenvalue weighted by Gasteiger charge is -2.07. The maximum absolute atomic E-state index is 11.8.